The first-order chi connectivity index (χ1) is 12.9. The van der Waals surface area contributed by atoms with E-state index in [0.29, 0.717) is 29.4 Å². The molecule has 3 rings (SSSR count). The quantitative estimate of drug-likeness (QED) is 0.758. The van der Waals surface area contributed by atoms with Gasteiger partial charge in [0.25, 0.3) is 0 Å². The predicted molar refractivity (Wildman–Crippen MR) is 103 cm³/mol. The molecule has 27 heavy (non-hydrogen) atoms. The number of methoxy groups -OCH3 is 3. The van der Waals surface area contributed by atoms with Gasteiger partial charge >= 0.3 is 0 Å². The summed E-state index contributed by atoms with van der Waals surface area (Å²) < 4.78 is 41.9. The van der Waals surface area contributed by atoms with Crippen LogP contribution in [0.15, 0.2) is 47.6 Å². The number of nitrogens with zero attached hydrogens (tertiary/aromatic N) is 2. The standard InChI is InChI=1S/C19H22N2O5S/c1-24-14-9-13(10-15(11-14)25-2)17-12-18(21(20-17)27(4,22)23)16-7-5-6-8-19(16)26-3/h5-11,18H,12H2,1-4H3/t18-/m1/s1. The van der Waals surface area contributed by atoms with Crippen LogP contribution in [0, 0.1) is 0 Å². The number of hydrogen-bond acceptors (Lipinski definition) is 6. The zero-order chi connectivity index (χ0) is 19.6. The van der Waals surface area contributed by atoms with E-state index in [2.05, 4.69) is 5.10 Å². The summed E-state index contributed by atoms with van der Waals surface area (Å²) in [7, 11) is 1.12. The number of hydrogen-bond donors (Lipinski definition) is 0. The molecule has 0 saturated heterocycles. The van der Waals surface area contributed by atoms with E-state index in [-0.39, 0.29) is 0 Å². The summed E-state index contributed by atoms with van der Waals surface area (Å²) in [6.45, 7) is 0. The topological polar surface area (TPSA) is 77.4 Å². The maximum atomic E-state index is 12.4. The average molecular weight is 390 g/mol. The minimum atomic E-state index is -3.57. The van der Waals surface area contributed by atoms with Crippen molar-refractivity contribution in [2.24, 2.45) is 5.10 Å². The average Bonchev–Trinajstić information content (AvgIpc) is 3.13. The van der Waals surface area contributed by atoms with Crippen molar-refractivity contribution in [1.29, 1.82) is 0 Å². The summed E-state index contributed by atoms with van der Waals surface area (Å²) in [5.74, 6) is 1.84. The molecule has 0 bridgehead atoms. The van der Waals surface area contributed by atoms with Gasteiger partial charge in [-0.2, -0.15) is 9.52 Å². The number of para-hydroxylation sites is 1. The molecule has 0 N–H and O–H groups in total. The highest BCUT2D eigenvalue weighted by molar-refractivity contribution is 7.88. The van der Waals surface area contributed by atoms with Gasteiger partial charge in [0.1, 0.15) is 17.2 Å². The van der Waals surface area contributed by atoms with Crippen molar-refractivity contribution >= 4 is 15.7 Å². The minimum Gasteiger partial charge on any atom is -0.497 e. The van der Waals surface area contributed by atoms with Crippen LogP contribution in [0.25, 0.3) is 0 Å². The Morgan fingerprint density at radius 1 is 1.00 bits per heavy atom. The van der Waals surface area contributed by atoms with Crippen LogP contribution in [-0.4, -0.2) is 46.1 Å². The number of rotatable bonds is 6. The Morgan fingerprint density at radius 3 is 2.19 bits per heavy atom. The second-order valence-corrected chi connectivity index (χ2v) is 7.99. The Bertz CT molecular complexity index is 950. The third kappa shape index (κ3) is 3.85. The van der Waals surface area contributed by atoms with Gasteiger partial charge in [0.2, 0.25) is 10.0 Å². The van der Waals surface area contributed by atoms with E-state index in [4.69, 9.17) is 14.2 Å². The van der Waals surface area contributed by atoms with Crippen LogP contribution in [0.1, 0.15) is 23.6 Å². The van der Waals surface area contributed by atoms with Crippen molar-refractivity contribution in [1.82, 2.24) is 4.41 Å². The lowest BCUT2D eigenvalue weighted by Crippen LogP contribution is -2.26. The van der Waals surface area contributed by atoms with Crippen molar-refractivity contribution in [3.63, 3.8) is 0 Å². The van der Waals surface area contributed by atoms with Crippen LogP contribution in [0.3, 0.4) is 0 Å². The Kier molecular flexibility index (Phi) is 5.27. The smallest absolute Gasteiger partial charge is 0.247 e. The number of benzene rings is 2. The summed E-state index contributed by atoms with van der Waals surface area (Å²) in [6, 6.07) is 12.3. The van der Waals surface area contributed by atoms with Gasteiger partial charge in [0.05, 0.1) is 39.3 Å². The molecule has 0 amide bonds. The second-order valence-electron chi connectivity index (χ2n) is 6.15. The zero-order valence-corrected chi connectivity index (χ0v) is 16.5. The van der Waals surface area contributed by atoms with Crippen LogP contribution >= 0.6 is 0 Å². The van der Waals surface area contributed by atoms with Gasteiger partial charge in [0, 0.05) is 23.6 Å². The lowest BCUT2D eigenvalue weighted by Gasteiger charge is -2.23. The molecule has 0 spiro atoms. The van der Waals surface area contributed by atoms with Crippen molar-refractivity contribution < 1.29 is 22.6 Å². The molecular weight excluding hydrogens is 368 g/mol. The van der Waals surface area contributed by atoms with E-state index in [9.17, 15) is 8.42 Å². The molecule has 7 nitrogen and oxygen atoms in total. The first-order valence-corrected chi connectivity index (χ1v) is 10.2. The fourth-order valence-electron chi connectivity index (χ4n) is 3.12. The maximum absolute atomic E-state index is 12.4. The minimum absolute atomic E-state index is 0.407. The normalized spacial score (nSPS) is 16.8. The molecule has 0 aliphatic carbocycles. The first kappa shape index (κ1) is 19.0. The van der Waals surface area contributed by atoms with Crippen LogP contribution in [0.2, 0.25) is 0 Å². The van der Waals surface area contributed by atoms with Gasteiger partial charge in [-0.05, 0) is 18.2 Å². The molecule has 0 aromatic heterocycles. The summed E-state index contributed by atoms with van der Waals surface area (Å²) in [5.41, 5.74) is 2.14. The zero-order valence-electron chi connectivity index (χ0n) is 15.7. The molecule has 1 aliphatic heterocycles. The summed E-state index contributed by atoms with van der Waals surface area (Å²) >= 11 is 0. The highest BCUT2D eigenvalue weighted by atomic mass is 32.2. The Hall–Kier alpha value is -2.74. The fraction of sp³-hybridized carbons (Fsp3) is 0.316. The fourth-order valence-corrected chi connectivity index (χ4v) is 4.01. The number of ether oxygens (including phenoxy) is 3. The molecule has 1 heterocycles. The Morgan fingerprint density at radius 2 is 1.63 bits per heavy atom. The van der Waals surface area contributed by atoms with E-state index >= 15 is 0 Å². The van der Waals surface area contributed by atoms with E-state index < -0.39 is 16.1 Å². The van der Waals surface area contributed by atoms with Gasteiger partial charge in [-0.3, -0.25) is 0 Å². The molecule has 2 aromatic rings. The first-order valence-electron chi connectivity index (χ1n) is 8.30. The molecule has 8 heteroatoms. The summed E-state index contributed by atoms with van der Waals surface area (Å²) in [4.78, 5) is 0. The SMILES string of the molecule is COc1cc(OC)cc(C2=NN(S(C)(=O)=O)[C@@H](c3ccccc3OC)C2)c1. The molecular formula is C19H22N2O5S. The van der Waals surface area contributed by atoms with Crippen LogP contribution in [0.5, 0.6) is 17.2 Å². The van der Waals surface area contributed by atoms with Crippen LogP contribution in [0.4, 0.5) is 0 Å². The van der Waals surface area contributed by atoms with E-state index in [1.807, 2.05) is 36.4 Å². The third-order valence-corrected chi connectivity index (χ3v) is 5.41. The van der Waals surface area contributed by atoms with Gasteiger partial charge in [-0.25, -0.2) is 8.42 Å². The number of sulfonamides is 1. The van der Waals surface area contributed by atoms with Crippen LogP contribution < -0.4 is 14.2 Å². The van der Waals surface area contributed by atoms with Crippen molar-refractivity contribution in [3.05, 3.63) is 53.6 Å². The molecule has 144 valence electrons. The van der Waals surface area contributed by atoms with Gasteiger partial charge < -0.3 is 14.2 Å². The molecule has 0 radical (unpaired) electrons. The summed E-state index contributed by atoms with van der Waals surface area (Å²) in [5, 5.41) is 4.41. The van der Waals surface area contributed by atoms with Crippen molar-refractivity contribution in [2.75, 3.05) is 27.6 Å². The van der Waals surface area contributed by atoms with Gasteiger partial charge in [-0.15, -0.1) is 0 Å². The van der Waals surface area contributed by atoms with Gasteiger partial charge in [0.15, 0.2) is 0 Å². The van der Waals surface area contributed by atoms with E-state index in [1.54, 1.807) is 27.4 Å². The molecule has 0 saturated carbocycles. The third-order valence-electron chi connectivity index (χ3n) is 4.39. The predicted octanol–water partition coefficient (Wildman–Crippen LogP) is 2.82. The van der Waals surface area contributed by atoms with Crippen molar-refractivity contribution in [3.8, 4) is 17.2 Å². The van der Waals surface area contributed by atoms with E-state index in [0.717, 1.165) is 21.8 Å². The Balaban J connectivity index is 2.07. The monoisotopic (exact) mass is 390 g/mol. The molecule has 0 fully saturated rings. The molecule has 2 aromatic carbocycles. The molecule has 1 aliphatic rings. The summed E-state index contributed by atoms with van der Waals surface area (Å²) in [6.07, 6.45) is 1.55. The highest BCUT2D eigenvalue weighted by Gasteiger charge is 2.36. The number of hydrazone groups is 1. The lowest BCUT2D eigenvalue weighted by atomic mass is 9.98. The maximum Gasteiger partial charge on any atom is 0.247 e. The molecule has 0 unspecified atom stereocenters. The second kappa shape index (κ2) is 7.48. The lowest BCUT2D eigenvalue weighted by molar-refractivity contribution is 0.352. The highest BCUT2D eigenvalue weighted by Crippen LogP contribution is 2.39. The van der Waals surface area contributed by atoms with Crippen molar-refractivity contribution in [2.45, 2.75) is 12.5 Å². The largest absolute Gasteiger partial charge is 0.497 e. The van der Waals surface area contributed by atoms with Crippen LogP contribution in [-0.2, 0) is 10.0 Å². The molecule has 1 atom stereocenters. The van der Waals surface area contributed by atoms with E-state index in [1.165, 1.54) is 0 Å². The Labute approximate surface area is 159 Å². The van der Waals surface area contributed by atoms with Gasteiger partial charge in [-0.1, -0.05) is 18.2 Å².